The van der Waals surface area contributed by atoms with E-state index in [0.717, 1.165) is 11.1 Å². The number of carbonyl (C=O) groups excluding carboxylic acids is 1. The highest BCUT2D eigenvalue weighted by atomic mass is 32.2. The van der Waals surface area contributed by atoms with Crippen molar-refractivity contribution < 1.29 is 14.7 Å². The molecule has 0 unspecified atom stereocenters. The standard InChI is InChI=1S/C16H16O3S/c1-12(17)20-10-3-2-5-13-6-4-7-14(11-13)16(8-9-16)15(18)19/h4,6-7,11H,3,8-10H2,1H3,(H,18,19). The van der Waals surface area contributed by atoms with Gasteiger partial charge in [-0.1, -0.05) is 35.7 Å². The molecule has 1 aromatic rings. The van der Waals surface area contributed by atoms with Crippen LogP contribution in [0, 0.1) is 11.8 Å². The van der Waals surface area contributed by atoms with Crippen LogP contribution < -0.4 is 0 Å². The molecule has 4 heteroatoms. The van der Waals surface area contributed by atoms with Crippen LogP contribution in [-0.4, -0.2) is 21.9 Å². The van der Waals surface area contributed by atoms with E-state index >= 15 is 0 Å². The molecule has 104 valence electrons. The van der Waals surface area contributed by atoms with Gasteiger partial charge < -0.3 is 5.11 Å². The van der Waals surface area contributed by atoms with Crippen molar-refractivity contribution in [2.24, 2.45) is 0 Å². The molecule has 3 nitrogen and oxygen atoms in total. The van der Waals surface area contributed by atoms with Gasteiger partial charge >= 0.3 is 5.97 Å². The first-order valence-corrected chi connectivity index (χ1v) is 7.49. The number of carboxylic acids is 1. The topological polar surface area (TPSA) is 54.4 Å². The van der Waals surface area contributed by atoms with Gasteiger partial charge in [0.05, 0.1) is 5.41 Å². The van der Waals surface area contributed by atoms with Crippen molar-refractivity contribution in [1.29, 1.82) is 0 Å². The Morgan fingerprint density at radius 3 is 2.75 bits per heavy atom. The van der Waals surface area contributed by atoms with E-state index in [9.17, 15) is 14.7 Å². The van der Waals surface area contributed by atoms with Crippen molar-refractivity contribution in [3.05, 3.63) is 35.4 Å². The molecule has 1 fully saturated rings. The largest absolute Gasteiger partial charge is 0.481 e. The van der Waals surface area contributed by atoms with E-state index in [4.69, 9.17) is 0 Å². The van der Waals surface area contributed by atoms with E-state index in [-0.39, 0.29) is 5.12 Å². The lowest BCUT2D eigenvalue weighted by Gasteiger charge is -2.09. The highest BCUT2D eigenvalue weighted by molar-refractivity contribution is 8.13. The Hall–Kier alpha value is -1.73. The maximum Gasteiger partial charge on any atom is 0.314 e. The molecule has 0 aliphatic heterocycles. The molecule has 1 N–H and O–H groups in total. The molecule has 1 saturated carbocycles. The fraction of sp³-hybridized carbons (Fsp3) is 0.375. The Balaban J connectivity index is 2.02. The summed E-state index contributed by atoms with van der Waals surface area (Å²) in [6.45, 7) is 1.54. The predicted octanol–water partition coefficient (Wildman–Crippen LogP) is 2.82. The molecule has 0 radical (unpaired) electrons. The minimum atomic E-state index is -0.750. The van der Waals surface area contributed by atoms with Crippen LogP contribution in [0.2, 0.25) is 0 Å². The van der Waals surface area contributed by atoms with Gasteiger partial charge in [-0.25, -0.2) is 0 Å². The Morgan fingerprint density at radius 2 is 2.15 bits per heavy atom. The summed E-state index contributed by atoms with van der Waals surface area (Å²) in [5.74, 6) is 5.99. The van der Waals surface area contributed by atoms with Gasteiger partial charge in [0.25, 0.3) is 0 Å². The van der Waals surface area contributed by atoms with Crippen molar-refractivity contribution >= 4 is 22.8 Å². The number of rotatable bonds is 4. The van der Waals surface area contributed by atoms with Crippen molar-refractivity contribution in [3.8, 4) is 11.8 Å². The van der Waals surface area contributed by atoms with Crippen LogP contribution in [0.1, 0.15) is 37.3 Å². The number of carboxylic acid groups (broad SMARTS) is 1. The smallest absolute Gasteiger partial charge is 0.314 e. The quantitative estimate of drug-likeness (QED) is 0.684. The molecule has 0 heterocycles. The Labute approximate surface area is 122 Å². The lowest BCUT2D eigenvalue weighted by atomic mass is 9.94. The zero-order valence-electron chi connectivity index (χ0n) is 11.3. The minimum absolute atomic E-state index is 0.103. The van der Waals surface area contributed by atoms with E-state index in [2.05, 4.69) is 11.8 Å². The molecule has 0 spiro atoms. The van der Waals surface area contributed by atoms with Gasteiger partial charge in [-0.3, -0.25) is 9.59 Å². The van der Waals surface area contributed by atoms with Gasteiger partial charge in [-0.05, 0) is 30.5 Å². The summed E-state index contributed by atoms with van der Waals surface area (Å²) >= 11 is 1.27. The Kier molecular flexibility index (Phi) is 4.51. The molecule has 0 aromatic heterocycles. The van der Waals surface area contributed by atoms with Crippen LogP contribution >= 0.6 is 11.8 Å². The van der Waals surface area contributed by atoms with Crippen LogP contribution in [0.4, 0.5) is 0 Å². The SMILES string of the molecule is CC(=O)SCCC#Cc1cccc(C2(C(=O)O)CC2)c1. The number of carbonyl (C=O) groups is 2. The Bertz CT molecular complexity index is 591. The highest BCUT2D eigenvalue weighted by Crippen LogP contribution is 2.48. The maximum atomic E-state index is 11.3. The van der Waals surface area contributed by atoms with Gasteiger partial charge in [0.15, 0.2) is 5.12 Å². The zero-order chi connectivity index (χ0) is 14.6. The van der Waals surface area contributed by atoms with Crippen molar-refractivity contribution in [1.82, 2.24) is 0 Å². The summed E-state index contributed by atoms with van der Waals surface area (Å²) in [4.78, 5) is 22.0. The molecule has 0 saturated heterocycles. The van der Waals surface area contributed by atoms with E-state index in [1.54, 1.807) is 6.92 Å². The van der Waals surface area contributed by atoms with Gasteiger partial charge in [0, 0.05) is 24.7 Å². The monoisotopic (exact) mass is 288 g/mol. The number of thioether (sulfide) groups is 1. The molecule has 1 aliphatic rings. The summed E-state index contributed by atoms with van der Waals surface area (Å²) in [5, 5.41) is 9.38. The van der Waals surface area contributed by atoms with Crippen LogP contribution in [0.3, 0.4) is 0 Å². The molecule has 1 aliphatic carbocycles. The molecule has 20 heavy (non-hydrogen) atoms. The first-order valence-electron chi connectivity index (χ1n) is 6.51. The van der Waals surface area contributed by atoms with Crippen LogP contribution in [0.15, 0.2) is 24.3 Å². The van der Waals surface area contributed by atoms with E-state index in [1.165, 1.54) is 11.8 Å². The van der Waals surface area contributed by atoms with Gasteiger partial charge in [-0.15, -0.1) is 0 Å². The van der Waals surface area contributed by atoms with Gasteiger partial charge in [-0.2, -0.15) is 0 Å². The average molecular weight is 288 g/mol. The highest BCUT2D eigenvalue weighted by Gasteiger charge is 2.51. The first kappa shape index (κ1) is 14.7. The van der Waals surface area contributed by atoms with Crippen molar-refractivity contribution in [2.75, 3.05) is 5.75 Å². The fourth-order valence-corrected chi connectivity index (χ4v) is 2.55. The molecule has 2 rings (SSSR count). The summed E-state index contributed by atoms with van der Waals surface area (Å²) in [6.07, 6.45) is 2.06. The van der Waals surface area contributed by atoms with E-state index in [1.807, 2.05) is 24.3 Å². The second kappa shape index (κ2) is 6.15. The maximum absolute atomic E-state index is 11.3. The number of hydrogen-bond donors (Lipinski definition) is 1. The lowest BCUT2D eigenvalue weighted by molar-refractivity contribution is -0.140. The zero-order valence-corrected chi connectivity index (χ0v) is 12.1. The van der Waals surface area contributed by atoms with Crippen LogP contribution in [-0.2, 0) is 15.0 Å². The summed E-state index contributed by atoms with van der Waals surface area (Å²) in [7, 11) is 0. The average Bonchev–Trinajstić information content (AvgIpc) is 3.20. The molecule has 0 atom stereocenters. The number of hydrogen-bond acceptors (Lipinski definition) is 3. The third kappa shape index (κ3) is 3.43. The minimum Gasteiger partial charge on any atom is -0.481 e. The molecule has 1 aromatic carbocycles. The number of aliphatic carboxylic acids is 1. The third-order valence-corrected chi connectivity index (χ3v) is 4.15. The second-order valence-electron chi connectivity index (χ2n) is 4.86. The number of benzene rings is 1. The molecular formula is C16H16O3S. The first-order chi connectivity index (χ1) is 9.54. The molecule has 0 bridgehead atoms. The van der Waals surface area contributed by atoms with E-state index in [0.29, 0.717) is 25.0 Å². The Morgan fingerprint density at radius 1 is 1.40 bits per heavy atom. The third-order valence-electron chi connectivity index (χ3n) is 3.34. The molecule has 0 amide bonds. The summed E-state index contributed by atoms with van der Waals surface area (Å²) in [5.41, 5.74) is 1.00. The van der Waals surface area contributed by atoms with Crippen molar-refractivity contribution in [3.63, 3.8) is 0 Å². The summed E-state index contributed by atoms with van der Waals surface area (Å²) < 4.78 is 0. The summed E-state index contributed by atoms with van der Waals surface area (Å²) in [6, 6.07) is 7.46. The van der Waals surface area contributed by atoms with Crippen molar-refractivity contribution in [2.45, 2.75) is 31.6 Å². The molecular weight excluding hydrogens is 272 g/mol. The van der Waals surface area contributed by atoms with Gasteiger partial charge in [0.1, 0.15) is 0 Å². The predicted molar refractivity (Wildman–Crippen MR) is 79.6 cm³/mol. The van der Waals surface area contributed by atoms with Crippen LogP contribution in [0.25, 0.3) is 0 Å². The van der Waals surface area contributed by atoms with E-state index < -0.39 is 11.4 Å². The van der Waals surface area contributed by atoms with Crippen LogP contribution in [0.5, 0.6) is 0 Å². The lowest BCUT2D eigenvalue weighted by Crippen LogP contribution is -2.19. The second-order valence-corrected chi connectivity index (χ2v) is 6.13. The normalized spacial score (nSPS) is 15.1. The van der Waals surface area contributed by atoms with Gasteiger partial charge in [0.2, 0.25) is 0 Å². The fourth-order valence-electron chi connectivity index (χ4n) is 2.06.